The van der Waals surface area contributed by atoms with Crippen molar-refractivity contribution in [3.63, 3.8) is 0 Å². The number of allylic oxidation sites excluding steroid dienone is 6. The Kier molecular flexibility index (Phi) is 4.95. The third kappa shape index (κ3) is 2.85. The molecular formula is C17H21NaO4S. The molecule has 0 radical (unpaired) electrons. The van der Waals surface area contributed by atoms with Crippen LogP contribution >= 0.6 is 0 Å². The number of rotatable bonds is 2. The molecule has 2 saturated carbocycles. The third-order valence-corrected chi connectivity index (χ3v) is 6.80. The van der Waals surface area contributed by atoms with E-state index in [1.807, 2.05) is 32.9 Å². The first-order valence-electron chi connectivity index (χ1n) is 7.65. The smallest absolute Gasteiger partial charge is 0.748 e. The Labute approximate surface area is 160 Å². The molecular weight excluding hydrogens is 323 g/mol. The van der Waals surface area contributed by atoms with Gasteiger partial charge >= 0.3 is 29.6 Å². The van der Waals surface area contributed by atoms with Gasteiger partial charge in [0.1, 0.15) is 0 Å². The molecule has 0 aromatic heterocycles. The Morgan fingerprint density at radius 3 is 2.48 bits per heavy atom. The average molecular weight is 344 g/mol. The van der Waals surface area contributed by atoms with E-state index >= 15 is 0 Å². The molecule has 0 aliphatic heterocycles. The van der Waals surface area contributed by atoms with Crippen molar-refractivity contribution < 1.29 is 47.3 Å². The van der Waals surface area contributed by atoms with Gasteiger partial charge in [-0.1, -0.05) is 37.6 Å². The second-order valence-corrected chi connectivity index (χ2v) is 8.75. The number of carbonyl (C=O) groups excluding carboxylic acids is 1. The van der Waals surface area contributed by atoms with Crippen LogP contribution < -0.4 is 29.6 Å². The van der Waals surface area contributed by atoms with E-state index in [4.69, 9.17) is 0 Å². The quantitative estimate of drug-likeness (QED) is 0.393. The van der Waals surface area contributed by atoms with Crippen LogP contribution in [0.4, 0.5) is 0 Å². The Morgan fingerprint density at radius 1 is 1.30 bits per heavy atom. The second-order valence-electron chi connectivity index (χ2n) is 7.35. The van der Waals surface area contributed by atoms with E-state index in [1.165, 1.54) is 0 Å². The normalized spacial score (nSPS) is 35.2. The number of carbonyl (C=O) groups is 1. The number of fused-ring (bicyclic) bond motifs is 2. The van der Waals surface area contributed by atoms with Crippen molar-refractivity contribution in [2.24, 2.45) is 16.7 Å². The largest absolute Gasteiger partial charge is 1.00 e. The minimum Gasteiger partial charge on any atom is -0.748 e. The Morgan fingerprint density at radius 2 is 1.96 bits per heavy atom. The van der Waals surface area contributed by atoms with Gasteiger partial charge in [-0.15, -0.1) is 0 Å². The fourth-order valence-corrected chi connectivity index (χ4v) is 5.82. The summed E-state index contributed by atoms with van der Waals surface area (Å²) in [4.78, 5) is 13.0. The Hall–Kier alpha value is -0.200. The van der Waals surface area contributed by atoms with E-state index in [0.29, 0.717) is 12.8 Å². The molecule has 3 aliphatic rings. The first-order valence-corrected chi connectivity index (χ1v) is 9.22. The van der Waals surface area contributed by atoms with Crippen LogP contribution in [-0.2, 0) is 14.9 Å². The predicted molar refractivity (Wildman–Crippen MR) is 83.0 cm³/mol. The Bertz CT molecular complexity index is 743. The van der Waals surface area contributed by atoms with Gasteiger partial charge in [-0.05, 0) is 43.1 Å². The summed E-state index contributed by atoms with van der Waals surface area (Å²) in [6, 6.07) is 0. The number of hydrogen-bond donors (Lipinski definition) is 0. The molecule has 23 heavy (non-hydrogen) atoms. The fourth-order valence-electron chi connectivity index (χ4n) is 4.57. The predicted octanol–water partition coefficient (Wildman–Crippen LogP) is -0.256. The first-order chi connectivity index (χ1) is 10.1. The van der Waals surface area contributed by atoms with Crippen molar-refractivity contribution >= 4 is 15.9 Å². The van der Waals surface area contributed by atoms with Crippen LogP contribution in [0.15, 0.2) is 34.9 Å². The summed E-state index contributed by atoms with van der Waals surface area (Å²) in [5.41, 5.74) is 1.40. The van der Waals surface area contributed by atoms with Crippen molar-refractivity contribution in [2.75, 3.05) is 5.75 Å². The molecule has 2 unspecified atom stereocenters. The summed E-state index contributed by atoms with van der Waals surface area (Å²) in [5.74, 6) is -0.633. The van der Waals surface area contributed by atoms with Gasteiger partial charge in [0, 0.05) is 5.57 Å². The standard InChI is InChI=1S/C17H22O4S.Na/c1-11-4-6-12(7-5-11)14-13-8-9-17(15(14)18,16(13,2)3)10-22(19,20)21;/h4-6,13H,7-10H2,1-3H3,(H,19,20,21);/q;+1/p-1. The number of Topliss-reactive ketones (excluding diaryl/α,β-unsaturated/α-hetero) is 1. The Balaban J connectivity index is 0.00000192. The van der Waals surface area contributed by atoms with Gasteiger partial charge in [-0.3, -0.25) is 4.79 Å². The maximum absolute atomic E-state index is 13.0. The molecule has 0 amide bonds. The minimum absolute atomic E-state index is 0. The molecule has 0 N–H and O–H groups in total. The monoisotopic (exact) mass is 344 g/mol. The molecule has 4 nitrogen and oxygen atoms in total. The van der Waals surface area contributed by atoms with Gasteiger partial charge in [0.2, 0.25) is 0 Å². The van der Waals surface area contributed by atoms with Gasteiger partial charge in [-0.25, -0.2) is 8.42 Å². The summed E-state index contributed by atoms with van der Waals surface area (Å²) in [5, 5.41) is 0. The molecule has 120 valence electrons. The van der Waals surface area contributed by atoms with Gasteiger partial charge in [0.15, 0.2) is 5.78 Å². The van der Waals surface area contributed by atoms with Crippen LogP contribution in [0.1, 0.15) is 40.0 Å². The zero-order valence-electron chi connectivity index (χ0n) is 14.2. The van der Waals surface area contributed by atoms with Crippen molar-refractivity contribution in [3.05, 3.63) is 34.9 Å². The summed E-state index contributed by atoms with van der Waals surface area (Å²) in [6.07, 6.45) is 8.01. The zero-order valence-corrected chi connectivity index (χ0v) is 17.0. The second kappa shape index (κ2) is 5.95. The van der Waals surface area contributed by atoms with Gasteiger partial charge in [0.05, 0.1) is 21.3 Å². The molecule has 0 aromatic rings. The van der Waals surface area contributed by atoms with Crippen LogP contribution in [0.25, 0.3) is 0 Å². The first kappa shape index (κ1) is 19.1. The van der Waals surface area contributed by atoms with E-state index in [1.54, 1.807) is 0 Å². The fraction of sp³-hybridized carbons (Fsp3) is 0.588. The molecule has 0 saturated heterocycles. The van der Waals surface area contributed by atoms with E-state index in [-0.39, 0.29) is 41.3 Å². The van der Waals surface area contributed by atoms with Crippen molar-refractivity contribution in [1.82, 2.24) is 0 Å². The SMILES string of the molecule is CC1=CCC(=C2C(=O)C3(CS(=O)(=O)[O-])CCC2C3(C)C)C=C1.[Na+]. The van der Waals surface area contributed by atoms with E-state index in [9.17, 15) is 17.8 Å². The van der Waals surface area contributed by atoms with Gasteiger partial charge < -0.3 is 4.55 Å². The molecule has 3 rings (SSSR count). The average Bonchev–Trinajstić information content (AvgIpc) is 2.71. The molecule has 2 fully saturated rings. The van der Waals surface area contributed by atoms with E-state index < -0.39 is 26.7 Å². The van der Waals surface area contributed by atoms with Crippen LogP contribution in [0, 0.1) is 16.7 Å². The third-order valence-electron chi connectivity index (χ3n) is 5.95. The van der Waals surface area contributed by atoms with Crippen LogP contribution in [0.2, 0.25) is 0 Å². The van der Waals surface area contributed by atoms with Crippen molar-refractivity contribution in [2.45, 2.75) is 40.0 Å². The van der Waals surface area contributed by atoms with Crippen molar-refractivity contribution in [1.29, 1.82) is 0 Å². The van der Waals surface area contributed by atoms with Crippen LogP contribution in [0.3, 0.4) is 0 Å². The van der Waals surface area contributed by atoms with Gasteiger partial charge in [0.25, 0.3) is 0 Å². The molecule has 3 aliphatic carbocycles. The molecule has 0 spiro atoms. The van der Waals surface area contributed by atoms with Crippen molar-refractivity contribution in [3.8, 4) is 0 Å². The van der Waals surface area contributed by atoms with Crippen LogP contribution in [-0.4, -0.2) is 24.5 Å². The molecule has 6 heteroatoms. The summed E-state index contributed by atoms with van der Waals surface area (Å²) >= 11 is 0. The maximum atomic E-state index is 13.0. The minimum atomic E-state index is -4.44. The molecule has 0 heterocycles. The van der Waals surface area contributed by atoms with Gasteiger partial charge in [-0.2, -0.15) is 0 Å². The summed E-state index contributed by atoms with van der Waals surface area (Å²) in [6.45, 7) is 5.89. The zero-order chi connectivity index (χ0) is 16.3. The summed E-state index contributed by atoms with van der Waals surface area (Å²) in [7, 11) is -4.44. The van der Waals surface area contributed by atoms with E-state index in [0.717, 1.165) is 23.1 Å². The maximum Gasteiger partial charge on any atom is 1.00 e. The van der Waals surface area contributed by atoms with E-state index in [2.05, 4.69) is 6.08 Å². The summed E-state index contributed by atoms with van der Waals surface area (Å²) < 4.78 is 34.1. The van der Waals surface area contributed by atoms with Crippen LogP contribution in [0.5, 0.6) is 0 Å². The number of ketones is 1. The topological polar surface area (TPSA) is 74.3 Å². The number of hydrogen-bond acceptors (Lipinski definition) is 4. The molecule has 2 atom stereocenters. The molecule has 2 bridgehead atoms. The molecule has 0 aromatic carbocycles.